The Kier molecular flexibility index (Phi) is 4.25. The number of rotatable bonds is 3. The molecule has 6 nitrogen and oxygen atoms in total. The van der Waals surface area contributed by atoms with Gasteiger partial charge in [-0.05, 0) is 19.1 Å². The maximum Gasteiger partial charge on any atom is 0.266 e. The number of aliphatic hydroxyl groups is 1. The highest BCUT2D eigenvalue weighted by Gasteiger charge is 2.49. The van der Waals surface area contributed by atoms with E-state index >= 15 is 0 Å². The van der Waals surface area contributed by atoms with Gasteiger partial charge >= 0.3 is 0 Å². The van der Waals surface area contributed by atoms with Crippen LogP contribution in [-0.4, -0.2) is 32.7 Å². The summed E-state index contributed by atoms with van der Waals surface area (Å²) in [6.45, 7) is 2.20. The molecule has 0 fully saturated rings. The van der Waals surface area contributed by atoms with Crippen molar-refractivity contribution in [2.75, 3.05) is 0 Å². The van der Waals surface area contributed by atoms with Gasteiger partial charge in [-0.2, -0.15) is 0 Å². The van der Waals surface area contributed by atoms with Crippen LogP contribution >= 0.6 is 21.4 Å². The van der Waals surface area contributed by atoms with E-state index in [-0.39, 0.29) is 0 Å². The fraction of sp³-hybridized carbons (Fsp3) is 0.444. The molecule has 1 aliphatic rings. The van der Waals surface area contributed by atoms with Gasteiger partial charge < -0.3 is 5.11 Å². The lowest BCUT2D eigenvalue weighted by Gasteiger charge is -2.32. The van der Waals surface area contributed by atoms with Crippen LogP contribution in [0.25, 0.3) is 0 Å². The molecule has 19 heavy (non-hydrogen) atoms. The minimum atomic E-state index is -4.49. The van der Waals surface area contributed by atoms with Crippen LogP contribution in [0, 0.1) is 5.92 Å². The highest BCUT2D eigenvalue weighted by molar-refractivity contribution is 8.17. The molecule has 0 amide bonds. The minimum absolute atomic E-state index is 0.413. The zero-order valence-corrected chi connectivity index (χ0v) is 12.9. The number of halogens is 2. The Hall–Kier alpha value is -0.410. The number of allylic oxidation sites excluding steroid dienone is 1. The van der Waals surface area contributed by atoms with E-state index in [2.05, 4.69) is 0 Å². The van der Waals surface area contributed by atoms with Crippen molar-refractivity contribution in [1.29, 1.82) is 0 Å². The number of hydrogen-bond acceptors (Lipinski definition) is 6. The van der Waals surface area contributed by atoms with E-state index in [9.17, 15) is 26.7 Å². The molecule has 0 aliphatic heterocycles. The number of carbonyl (C=O) groups excluding carboxylic acids is 1. The van der Waals surface area contributed by atoms with Gasteiger partial charge in [0.15, 0.2) is 5.78 Å². The second-order valence-electron chi connectivity index (χ2n) is 4.02. The molecule has 0 aromatic carbocycles. The van der Waals surface area contributed by atoms with Crippen LogP contribution in [0.5, 0.6) is 0 Å². The van der Waals surface area contributed by atoms with E-state index < -0.39 is 45.2 Å². The Morgan fingerprint density at radius 2 is 1.79 bits per heavy atom. The quantitative estimate of drug-likeness (QED) is 0.758. The molecule has 10 heteroatoms. The van der Waals surface area contributed by atoms with Crippen LogP contribution in [0.1, 0.15) is 13.8 Å². The predicted molar refractivity (Wildman–Crippen MR) is 70.5 cm³/mol. The van der Waals surface area contributed by atoms with Crippen LogP contribution in [-0.2, 0) is 22.9 Å². The highest BCUT2D eigenvalue weighted by Crippen LogP contribution is 2.41. The SMILES string of the molecule is CC(=O)C1=C(S(=O)(=O)Cl)C=CC(O)(S(=O)(=O)Cl)C1C. The molecule has 1 N–H and O–H groups in total. The average Bonchev–Trinajstić information content (AvgIpc) is 2.17. The molecule has 108 valence electrons. The summed E-state index contributed by atoms with van der Waals surface area (Å²) in [7, 11) is 1.56. The summed E-state index contributed by atoms with van der Waals surface area (Å²) in [6, 6.07) is 0. The molecule has 0 aromatic rings. The number of hydrogen-bond donors (Lipinski definition) is 1. The van der Waals surface area contributed by atoms with Crippen molar-refractivity contribution in [2.45, 2.75) is 18.8 Å². The molecular formula is C9H10Cl2O6S2. The maximum atomic E-state index is 11.5. The molecule has 0 spiro atoms. The first kappa shape index (κ1) is 16.6. The smallest absolute Gasteiger partial charge is 0.266 e. The lowest BCUT2D eigenvalue weighted by Crippen LogP contribution is -2.44. The Balaban J connectivity index is 3.66. The molecule has 2 unspecified atom stereocenters. The second kappa shape index (κ2) is 4.85. The third-order valence-electron chi connectivity index (χ3n) is 2.82. The van der Waals surface area contributed by atoms with E-state index in [0.717, 1.165) is 13.0 Å². The van der Waals surface area contributed by atoms with Crippen molar-refractivity contribution in [3.8, 4) is 0 Å². The normalized spacial score (nSPS) is 28.6. The molecular weight excluding hydrogens is 339 g/mol. The lowest BCUT2D eigenvalue weighted by molar-refractivity contribution is -0.114. The molecule has 2 atom stereocenters. The molecule has 0 radical (unpaired) electrons. The largest absolute Gasteiger partial charge is 0.370 e. The van der Waals surface area contributed by atoms with E-state index in [1.165, 1.54) is 6.92 Å². The monoisotopic (exact) mass is 348 g/mol. The maximum absolute atomic E-state index is 11.5. The van der Waals surface area contributed by atoms with Crippen molar-refractivity contribution in [3.63, 3.8) is 0 Å². The fourth-order valence-corrected chi connectivity index (χ4v) is 4.38. The first-order valence-corrected chi connectivity index (χ1v) is 9.50. The van der Waals surface area contributed by atoms with Gasteiger partial charge in [-0.1, -0.05) is 6.92 Å². The highest BCUT2D eigenvalue weighted by atomic mass is 35.7. The summed E-state index contributed by atoms with van der Waals surface area (Å²) in [6.07, 6.45) is 1.46. The van der Waals surface area contributed by atoms with Crippen molar-refractivity contribution in [1.82, 2.24) is 0 Å². The zero-order chi connectivity index (χ0) is 15.2. The van der Waals surface area contributed by atoms with Crippen LogP contribution < -0.4 is 0 Å². The Bertz CT molecular complexity index is 688. The van der Waals surface area contributed by atoms with Crippen LogP contribution in [0.15, 0.2) is 22.6 Å². The third kappa shape index (κ3) is 2.87. The minimum Gasteiger partial charge on any atom is -0.370 e. The van der Waals surface area contributed by atoms with E-state index in [4.69, 9.17) is 21.4 Å². The van der Waals surface area contributed by atoms with Gasteiger partial charge in [0.1, 0.15) is 0 Å². The number of Topliss-reactive ketones (excluding diaryl/α,β-unsaturated/α-hetero) is 1. The zero-order valence-electron chi connectivity index (χ0n) is 9.79. The van der Waals surface area contributed by atoms with Gasteiger partial charge in [0, 0.05) is 32.9 Å². The van der Waals surface area contributed by atoms with Gasteiger partial charge in [0.05, 0.1) is 4.91 Å². The summed E-state index contributed by atoms with van der Waals surface area (Å²) >= 11 is 0. The van der Waals surface area contributed by atoms with Gasteiger partial charge in [-0.25, -0.2) is 16.8 Å². The lowest BCUT2D eigenvalue weighted by atomic mass is 9.88. The predicted octanol–water partition coefficient (Wildman–Crippen LogP) is 0.861. The fourth-order valence-electron chi connectivity index (χ4n) is 1.83. The topological polar surface area (TPSA) is 106 Å². The van der Waals surface area contributed by atoms with Gasteiger partial charge in [0.2, 0.25) is 4.93 Å². The molecule has 0 bridgehead atoms. The molecule has 0 aromatic heterocycles. The number of carbonyl (C=O) groups is 1. The molecule has 0 saturated heterocycles. The van der Waals surface area contributed by atoms with Crippen molar-refractivity contribution < 1.29 is 26.7 Å². The summed E-state index contributed by atoms with van der Waals surface area (Å²) in [5.74, 6) is -2.10. The van der Waals surface area contributed by atoms with Crippen LogP contribution in [0.2, 0.25) is 0 Å². The van der Waals surface area contributed by atoms with Crippen molar-refractivity contribution in [2.24, 2.45) is 5.92 Å². The first-order valence-electron chi connectivity index (χ1n) is 4.88. The summed E-state index contributed by atoms with van der Waals surface area (Å²) < 4.78 is 45.5. The first-order chi connectivity index (χ1) is 8.32. The molecule has 1 rings (SSSR count). The van der Waals surface area contributed by atoms with Crippen LogP contribution in [0.3, 0.4) is 0 Å². The number of ketones is 1. The van der Waals surface area contributed by atoms with Crippen molar-refractivity contribution >= 4 is 45.2 Å². The van der Waals surface area contributed by atoms with Crippen LogP contribution in [0.4, 0.5) is 0 Å². The van der Waals surface area contributed by atoms with Gasteiger partial charge in [0.25, 0.3) is 18.1 Å². The third-order valence-corrected chi connectivity index (χ3v) is 6.22. The van der Waals surface area contributed by atoms with Gasteiger partial charge in [-0.3, -0.25) is 4.79 Å². The summed E-state index contributed by atoms with van der Waals surface area (Å²) in [5, 5.41) is 10.0. The summed E-state index contributed by atoms with van der Waals surface area (Å²) in [5.41, 5.74) is -0.413. The van der Waals surface area contributed by atoms with E-state index in [1.54, 1.807) is 0 Å². The molecule has 0 saturated carbocycles. The standard InChI is InChI=1S/C9H10Cl2O6S2/c1-5-8(6(2)12)7(18(10,14)15)3-4-9(5,13)19(11,16)17/h3-5,13H,1-2H3. The Morgan fingerprint density at radius 3 is 2.11 bits per heavy atom. The van der Waals surface area contributed by atoms with Crippen molar-refractivity contribution in [3.05, 3.63) is 22.6 Å². The van der Waals surface area contributed by atoms with Gasteiger partial charge in [-0.15, -0.1) is 0 Å². The average molecular weight is 349 g/mol. The molecule has 0 heterocycles. The van der Waals surface area contributed by atoms with E-state index in [0.29, 0.717) is 6.08 Å². The Morgan fingerprint density at radius 1 is 1.32 bits per heavy atom. The molecule has 1 aliphatic carbocycles. The Labute approximate surface area is 119 Å². The summed E-state index contributed by atoms with van der Waals surface area (Å²) in [4.78, 5) is 8.41. The second-order valence-corrected chi connectivity index (χ2v) is 9.30. The van der Waals surface area contributed by atoms with E-state index in [1.807, 2.05) is 0 Å².